The van der Waals surface area contributed by atoms with E-state index in [9.17, 15) is 14.7 Å². The van der Waals surface area contributed by atoms with Crippen LogP contribution in [-0.4, -0.2) is 41.6 Å². The number of amides is 1. The van der Waals surface area contributed by atoms with Crippen LogP contribution in [-0.2, 0) is 30.8 Å². The van der Waals surface area contributed by atoms with E-state index in [1.54, 1.807) is 0 Å². The summed E-state index contributed by atoms with van der Waals surface area (Å²) in [4.78, 5) is 25.1. The molecule has 1 amide bonds. The van der Waals surface area contributed by atoms with Gasteiger partial charge >= 0.3 is 0 Å². The maximum atomic E-state index is 12.1. The topological polar surface area (TPSA) is 82.0 Å². The number of rotatable bonds is 15. The van der Waals surface area contributed by atoms with Gasteiger partial charge in [0.1, 0.15) is 12.4 Å². The van der Waals surface area contributed by atoms with Crippen LogP contribution in [0.3, 0.4) is 0 Å². The summed E-state index contributed by atoms with van der Waals surface area (Å²) in [5.74, 6) is 0.355. The standard InChI is InChI=1S/C39H50N2O4Si/c1-29(23-31-17-19-32(20-18-31)25-39(3,4)46(5,6)44)41(26-33-13-9-7-10-14-33)27-37(43)35-21-22-38(36(24-35)40-30(2)42)45-28-34-15-11-8-12-16-34/h7-22,24,29,37,43-44H,23,25-28H2,1-6H3,(H,40,42)/t29-,37-/m1/s1. The largest absolute Gasteiger partial charge is 0.487 e. The second kappa shape index (κ2) is 15.7. The summed E-state index contributed by atoms with van der Waals surface area (Å²) in [6.07, 6.45) is 0.895. The van der Waals surface area contributed by atoms with Crippen LogP contribution in [0.4, 0.5) is 5.69 Å². The van der Waals surface area contributed by atoms with Gasteiger partial charge in [0, 0.05) is 26.1 Å². The van der Waals surface area contributed by atoms with Gasteiger partial charge in [-0.05, 0) is 77.8 Å². The highest BCUT2D eigenvalue weighted by atomic mass is 28.4. The smallest absolute Gasteiger partial charge is 0.221 e. The number of benzene rings is 4. The van der Waals surface area contributed by atoms with Crippen molar-refractivity contribution in [2.24, 2.45) is 0 Å². The number of aliphatic hydroxyl groups excluding tert-OH is 1. The monoisotopic (exact) mass is 638 g/mol. The minimum atomic E-state index is -2.29. The number of ether oxygens (including phenoxy) is 1. The normalized spacial score (nSPS) is 13.3. The third-order valence-electron chi connectivity index (χ3n) is 9.05. The third kappa shape index (κ3) is 10.1. The minimum absolute atomic E-state index is 0.115. The van der Waals surface area contributed by atoms with Crippen molar-refractivity contribution in [3.05, 3.63) is 131 Å². The van der Waals surface area contributed by atoms with Gasteiger partial charge in [-0.25, -0.2) is 0 Å². The average molecular weight is 639 g/mol. The Morgan fingerprint density at radius 2 is 1.46 bits per heavy atom. The Morgan fingerprint density at radius 3 is 2.04 bits per heavy atom. The molecule has 0 aliphatic rings. The predicted octanol–water partition coefficient (Wildman–Crippen LogP) is 7.91. The lowest BCUT2D eigenvalue weighted by Crippen LogP contribution is -2.40. The predicted molar refractivity (Wildman–Crippen MR) is 190 cm³/mol. The number of nitrogens with zero attached hydrogens (tertiary/aromatic N) is 1. The van der Waals surface area contributed by atoms with Gasteiger partial charge < -0.3 is 20.0 Å². The molecule has 0 unspecified atom stereocenters. The molecule has 0 saturated heterocycles. The van der Waals surface area contributed by atoms with Crippen LogP contribution >= 0.6 is 0 Å². The van der Waals surface area contributed by atoms with Crippen molar-refractivity contribution in [2.75, 3.05) is 11.9 Å². The highest BCUT2D eigenvalue weighted by Crippen LogP contribution is 2.38. The number of aliphatic hydroxyl groups is 1. The second-order valence-electron chi connectivity index (χ2n) is 13.6. The lowest BCUT2D eigenvalue weighted by molar-refractivity contribution is -0.114. The lowest BCUT2D eigenvalue weighted by Gasteiger charge is -2.35. The first kappa shape index (κ1) is 35.1. The molecule has 3 N–H and O–H groups in total. The van der Waals surface area contributed by atoms with Crippen molar-refractivity contribution in [3.8, 4) is 5.75 Å². The van der Waals surface area contributed by atoms with Crippen LogP contribution in [0.25, 0.3) is 0 Å². The van der Waals surface area contributed by atoms with E-state index in [1.807, 2.05) is 79.8 Å². The quantitative estimate of drug-likeness (QED) is 0.115. The van der Waals surface area contributed by atoms with E-state index in [0.717, 1.165) is 18.4 Å². The van der Waals surface area contributed by atoms with Gasteiger partial charge in [-0.15, -0.1) is 0 Å². The third-order valence-corrected chi connectivity index (χ3v) is 12.5. The molecule has 0 radical (unpaired) electrons. The van der Waals surface area contributed by atoms with Gasteiger partial charge in [-0.2, -0.15) is 0 Å². The van der Waals surface area contributed by atoms with Crippen LogP contribution in [0.15, 0.2) is 103 Å². The zero-order valence-corrected chi connectivity index (χ0v) is 29.2. The van der Waals surface area contributed by atoms with E-state index in [2.05, 4.69) is 67.4 Å². The molecule has 0 heterocycles. The number of nitrogens with one attached hydrogen (secondary N) is 1. The highest BCUT2D eigenvalue weighted by molar-refractivity contribution is 6.72. The van der Waals surface area contributed by atoms with E-state index in [4.69, 9.17) is 4.74 Å². The number of hydrogen-bond donors (Lipinski definition) is 3. The van der Waals surface area contributed by atoms with E-state index < -0.39 is 14.4 Å². The van der Waals surface area contributed by atoms with Crippen molar-refractivity contribution in [2.45, 2.75) is 84.0 Å². The summed E-state index contributed by atoms with van der Waals surface area (Å²) < 4.78 is 6.06. The van der Waals surface area contributed by atoms with Crippen molar-refractivity contribution >= 4 is 19.9 Å². The van der Waals surface area contributed by atoms with E-state index in [1.165, 1.54) is 23.6 Å². The number of carbonyl (C=O) groups is 1. The van der Waals surface area contributed by atoms with Gasteiger partial charge in [-0.3, -0.25) is 9.69 Å². The fourth-order valence-corrected chi connectivity index (χ4v) is 6.08. The van der Waals surface area contributed by atoms with Crippen LogP contribution in [0.1, 0.15) is 61.6 Å². The summed E-state index contributed by atoms with van der Waals surface area (Å²) in [7, 11) is -2.29. The molecule has 2 atom stereocenters. The molecule has 0 bridgehead atoms. The Balaban J connectivity index is 1.50. The van der Waals surface area contributed by atoms with Crippen LogP contribution in [0, 0.1) is 0 Å². The van der Waals surface area contributed by atoms with E-state index in [0.29, 0.717) is 36.7 Å². The first-order valence-corrected chi connectivity index (χ1v) is 19.1. The Morgan fingerprint density at radius 1 is 0.870 bits per heavy atom. The van der Waals surface area contributed by atoms with Crippen molar-refractivity contribution in [3.63, 3.8) is 0 Å². The summed E-state index contributed by atoms with van der Waals surface area (Å²) in [5.41, 5.74) is 5.92. The zero-order chi connectivity index (χ0) is 33.3. The first-order chi connectivity index (χ1) is 21.8. The number of anilines is 1. The lowest BCUT2D eigenvalue weighted by atomic mass is 9.98. The number of carbonyl (C=O) groups excluding carboxylic acids is 1. The molecule has 0 aliphatic heterocycles. The first-order valence-electron chi connectivity index (χ1n) is 16.2. The van der Waals surface area contributed by atoms with E-state index >= 15 is 0 Å². The van der Waals surface area contributed by atoms with Crippen LogP contribution < -0.4 is 10.1 Å². The molecule has 4 aromatic carbocycles. The molecule has 6 nitrogen and oxygen atoms in total. The van der Waals surface area contributed by atoms with E-state index in [-0.39, 0.29) is 17.0 Å². The summed E-state index contributed by atoms with van der Waals surface area (Å²) in [6, 6.07) is 34.6. The molecule has 4 rings (SSSR count). The Bertz CT molecular complexity index is 1540. The van der Waals surface area contributed by atoms with Crippen LogP contribution in [0.2, 0.25) is 18.1 Å². The Hall–Kier alpha value is -3.75. The van der Waals surface area contributed by atoms with Gasteiger partial charge in [0.2, 0.25) is 5.91 Å². The van der Waals surface area contributed by atoms with Crippen LogP contribution in [0.5, 0.6) is 5.75 Å². The molecule has 0 saturated carbocycles. The number of hydrogen-bond acceptors (Lipinski definition) is 5. The molecule has 7 heteroatoms. The van der Waals surface area contributed by atoms with Gasteiger partial charge in [-0.1, -0.05) is 105 Å². The van der Waals surface area contributed by atoms with Crippen molar-refractivity contribution in [1.82, 2.24) is 4.90 Å². The molecule has 4 aromatic rings. The summed E-state index contributed by atoms with van der Waals surface area (Å²) >= 11 is 0. The Kier molecular flexibility index (Phi) is 12.0. The van der Waals surface area contributed by atoms with Gasteiger partial charge in [0.25, 0.3) is 0 Å². The molecule has 0 aromatic heterocycles. The average Bonchev–Trinajstić information content (AvgIpc) is 3.01. The SMILES string of the molecule is CC(=O)Nc1cc([C@H](O)CN(Cc2ccccc2)[C@H](C)Cc2ccc(CC(C)(C)[Si](C)(C)O)cc2)ccc1OCc1ccccc1. The fourth-order valence-electron chi connectivity index (χ4n) is 5.44. The van der Waals surface area contributed by atoms with Crippen molar-refractivity contribution < 1.29 is 19.4 Å². The molecule has 46 heavy (non-hydrogen) atoms. The minimum Gasteiger partial charge on any atom is -0.487 e. The van der Waals surface area contributed by atoms with Gasteiger partial charge in [0.05, 0.1) is 11.8 Å². The maximum Gasteiger partial charge on any atom is 0.221 e. The fraction of sp³-hybridized carbons (Fsp3) is 0.359. The maximum absolute atomic E-state index is 12.1. The molecule has 0 fully saturated rings. The zero-order valence-electron chi connectivity index (χ0n) is 28.2. The molecule has 244 valence electrons. The molecule has 0 aliphatic carbocycles. The summed E-state index contributed by atoms with van der Waals surface area (Å²) in [6.45, 7) is 13.5. The second-order valence-corrected chi connectivity index (χ2v) is 18.1. The molecular formula is C39H50N2O4Si. The molecular weight excluding hydrogens is 589 g/mol. The Labute approximate surface area is 276 Å². The highest BCUT2D eigenvalue weighted by Gasteiger charge is 2.37. The van der Waals surface area contributed by atoms with Gasteiger partial charge in [0.15, 0.2) is 8.32 Å². The summed E-state index contributed by atoms with van der Waals surface area (Å²) in [5, 5.41) is 14.3. The molecule has 0 spiro atoms. The van der Waals surface area contributed by atoms with Crippen molar-refractivity contribution in [1.29, 1.82) is 0 Å².